The van der Waals surface area contributed by atoms with Gasteiger partial charge in [-0.1, -0.05) is 13.8 Å². The maximum atomic E-state index is 12.6. The van der Waals surface area contributed by atoms with Crippen LogP contribution in [0.3, 0.4) is 0 Å². The first-order valence-corrected chi connectivity index (χ1v) is 7.31. The van der Waals surface area contributed by atoms with E-state index in [0.29, 0.717) is 18.2 Å². The molecule has 0 N–H and O–H groups in total. The molecule has 6 nitrogen and oxygen atoms in total. The lowest BCUT2D eigenvalue weighted by Crippen LogP contribution is -2.40. The van der Waals surface area contributed by atoms with Crippen molar-refractivity contribution in [2.24, 2.45) is 5.92 Å². The zero-order valence-corrected chi connectivity index (χ0v) is 13.6. The van der Waals surface area contributed by atoms with Crippen LogP contribution in [-0.2, 0) is 0 Å². The van der Waals surface area contributed by atoms with Gasteiger partial charge < -0.3 is 4.90 Å². The minimum absolute atomic E-state index is 0.113. The van der Waals surface area contributed by atoms with E-state index >= 15 is 0 Å². The van der Waals surface area contributed by atoms with Crippen LogP contribution in [0.15, 0.2) is 6.07 Å². The molecule has 0 saturated heterocycles. The molecule has 0 fully saturated rings. The Morgan fingerprint density at radius 3 is 2.48 bits per heavy atom. The van der Waals surface area contributed by atoms with Crippen molar-refractivity contribution in [3.63, 3.8) is 0 Å². The van der Waals surface area contributed by atoms with Crippen molar-refractivity contribution in [3.05, 3.63) is 23.3 Å². The third-order valence-corrected chi connectivity index (χ3v) is 3.26. The fraction of sp³-hybridized carbons (Fsp3) is 0.600. The summed E-state index contributed by atoms with van der Waals surface area (Å²) in [5, 5.41) is 4.32. The highest BCUT2D eigenvalue weighted by atomic mass is 16.2. The Labute approximate surface area is 125 Å². The zero-order valence-electron chi connectivity index (χ0n) is 13.6. The van der Waals surface area contributed by atoms with Crippen LogP contribution >= 0.6 is 0 Å². The summed E-state index contributed by atoms with van der Waals surface area (Å²) in [5.41, 5.74) is 1.79. The summed E-state index contributed by atoms with van der Waals surface area (Å²) < 4.78 is 1.62. The molecule has 0 aliphatic heterocycles. The van der Waals surface area contributed by atoms with E-state index in [2.05, 4.69) is 28.9 Å². The number of aryl methyl sites for hydroxylation is 2. The van der Waals surface area contributed by atoms with Crippen LogP contribution in [0.4, 0.5) is 0 Å². The number of carbonyl (C=O) groups excluding carboxylic acids is 1. The molecule has 0 bridgehead atoms. The van der Waals surface area contributed by atoms with Gasteiger partial charge in [-0.3, -0.25) is 4.79 Å². The molecule has 2 aromatic heterocycles. The van der Waals surface area contributed by atoms with Gasteiger partial charge in [0.25, 0.3) is 11.7 Å². The first kappa shape index (κ1) is 15.4. The van der Waals surface area contributed by atoms with Crippen molar-refractivity contribution < 1.29 is 4.79 Å². The number of amides is 1. The Morgan fingerprint density at radius 2 is 1.90 bits per heavy atom. The van der Waals surface area contributed by atoms with Gasteiger partial charge in [-0.15, -0.1) is 5.10 Å². The molecule has 2 heterocycles. The Bertz CT molecular complexity index is 659. The van der Waals surface area contributed by atoms with Crippen LogP contribution in [0, 0.1) is 19.8 Å². The van der Waals surface area contributed by atoms with Gasteiger partial charge in [-0.05, 0) is 39.7 Å². The van der Waals surface area contributed by atoms with Crippen molar-refractivity contribution in [1.82, 2.24) is 24.5 Å². The molecule has 21 heavy (non-hydrogen) atoms. The standard InChI is InChI=1S/C15H23N5O/c1-9(2)8-19(10(3)4)14(21)13-17-15-16-11(5)7-12(6)20(15)18-13/h7,9-10H,8H2,1-6H3. The molecule has 0 unspecified atom stereocenters. The molecule has 6 heteroatoms. The lowest BCUT2D eigenvalue weighted by atomic mass is 10.2. The van der Waals surface area contributed by atoms with E-state index in [1.165, 1.54) is 0 Å². The maximum Gasteiger partial charge on any atom is 0.293 e. The first-order valence-electron chi connectivity index (χ1n) is 7.31. The van der Waals surface area contributed by atoms with Crippen LogP contribution in [-0.4, -0.2) is 43.0 Å². The van der Waals surface area contributed by atoms with E-state index in [1.54, 1.807) is 4.52 Å². The van der Waals surface area contributed by atoms with Gasteiger partial charge in [0.1, 0.15) is 0 Å². The average Bonchev–Trinajstić information content (AvgIpc) is 2.78. The number of aromatic nitrogens is 4. The van der Waals surface area contributed by atoms with Gasteiger partial charge in [-0.2, -0.15) is 4.98 Å². The van der Waals surface area contributed by atoms with Crippen molar-refractivity contribution in [2.45, 2.75) is 47.6 Å². The molecule has 2 rings (SSSR count). The Morgan fingerprint density at radius 1 is 1.24 bits per heavy atom. The molecule has 0 saturated carbocycles. The van der Waals surface area contributed by atoms with Gasteiger partial charge >= 0.3 is 0 Å². The highest BCUT2D eigenvalue weighted by Crippen LogP contribution is 2.11. The van der Waals surface area contributed by atoms with Crippen molar-refractivity contribution in [3.8, 4) is 0 Å². The molecule has 1 amide bonds. The van der Waals surface area contributed by atoms with Crippen molar-refractivity contribution in [2.75, 3.05) is 6.54 Å². The molecule has 0 radical (unpaired) electrons. The Balaban J connectivity index is 2.40. The molecule has 0 spiro atoms. The van der Waals surface area contributed by atoms with Crippen molar-refractivity contribution >= 4 is 11.7 Å². The fourth-order valence-corrected chi connectivity index (χ4v) is 2.31. The van der Waals surface area contributed by atoms with Crippen LogP contribution in [0.1, 0.15) is 49.7 Å². The minimum atomic E-state index is -0.138. The highest BCUT2D eigenvalue weighted by molar-refractivity contribution is 5.91. The number of nitrogens with zero attached hydrogens (tertiary/aromatic N) is 5. The summed E-state index contributed by atoms with van der Waals surface area (Å²) in [6, 6.07) is 2.03. The summed E-state index contributed by atoms with van der Waals surface area (Å²) in [7, 11) is 0. The topological polar surface area (TPSA) is 63.4 Å². The predicted octanol–water partition coefficient (Wildman–Crippen LogP) is 2.25. The van der Waals surface area contributed by atoms with Gasteiger partial charge in [0.05, 0.1) is 0 Å². The highest BCUT2D eigenvalue weighted by Gasteiger charge is 2.24. The fourth-order valence-electron chi connectivity index (χ4n) is 2.31. The summed E-state index contributed by atoms with van der Waals surface area (Å²) >= 11 is 0. The van der Waals surface area contributed by atoms with E-state index in [9.17, 15) is 4.79 Å². The largest absolute Gasteiger partial charge is 0.333 e. The van der Waals surface area contributed by atoms with Gasteiger partial charge in [0.15, 0.2) is 0 Å². The smallest absolute Gasteiger partial charge is 0.293 e. The number of carbonyl (C=O) groups is 1. The third kappa shape index (κ3) is 3.20. The average molecular weight is 289 g/mol. The second-order valence-electron chi connectivity index (χ2n) is 6.13. The summed E-state index contributed by atoms with van der Waals surface area (Å²) in [4.78, 5) is 23.1. The Kier molecular flexibility index (Phi) is 4.25. The van der Waals surface area contributed by atoms with Gasteiger partial charge in [0.2, 0.25) is 5.82 Å². The number of hydrogen-bond acceptors (Lipinski definition) is 4. The van der Waals surface area contributed by atoms with Crippen LogP contribution in [0.2, 0.25) is 0 Å². The van der Waals surface area contributed by atoms with E-state index < -0.39 is 0 Å². The molecule has 0 aliphatic rings. The molecule has 0 atom stereocenters. The lowest BCUT2D eigenvalue weighted by molar-refractivity contribution is 0.0669. The monoisotopic (exact) mass is 289 g/mol. The zero-order chi connectivity index (χ0) is 15.7. The Hall–Kier alpha value is -1.98. The molecule has 0 aliphatic carbocycles. The third-order valence-electron chi connectivity index (χ3n) is 3.26. The second-order valence-corrected chi connectivity index (χ2v) is 6.13. The summed E-state index contributed by atoms with van der Waals surface area (Å²) in [5.74, 6) is 0.950. The first-order chi connectivity index (χ1) is 9.79. The maximum absolute atomic E-state index is 12.6. The van der Waals surface area contributed by atoms with E-state index in [4.69, 9.17) is 0 Å². The number of fused-ring (bicyclic) bond motifs is 1. The summed E-state index contributed by atoms with van der Waals surface area (Å²) in [6.07, 6.45) is 0. The number of rotatable bonds is 4. The molecule has 114 valence electrons. The molecular weight excluding hydrogens is 266 g/mol. The predicted molar refractivity (Wildman–Crippen MR) is 81.3 cm³/mol. The summed E-state index contributed by atoms with van der Waals surface area (Å²) in [6.45, 7) is 12.7. The van der Waals surface area contributed by atoms with Gasteiger partial charge in [0, 0.05) is 24.0 Å². The SMILES string of the molecule is Cc1cc(C)n2nc(C(=O)N(CC(C)C)C(C)C)nc2n1. The van der Waals surface area contributed by atoms with E-state index in [1.807, 2.05) is 38.7 Å². The molecule has 0 aromatic carbocycles. The lowest BCUT2D eigenvalue weighted by Gasteiger charge is -2.27. The van der Waals surface area contributed by atoms with Gasteiger partial charge in [-0.25, -0.2) is 9.50 Å². The van der Waals surface area contributed by atoms with E-state index in [-0.39, 0.29) is 17.8 Å². The quantitative estimate of drug-likeness (QED) is 0.866. The second kappa shape index (κ2) is 5.79. The van der Waals surface area contributed by atoms with Crippen molar-refractivity contribution in [1.29, 1.82) is 0 Å². The van der Waals surface area contributed by atoms with Crippen LogP contribution in [0.5, 0.6) is 0 Å². The number of hydrogen-bond donors (Lipinski definition) is 0. The molecular formula is C15H23N5O. The normalized spacial score (nSPS) is 11.6. The molecule has 2 aromatic rings. The van der Waals surface area contributed by atoms with Crippen LogP contribution in [0.25, 0.3) is 5.78 Å². The minimum Gasteiger partial charge on any atom is -0.333 e. The van der Waals surface area contributed by atoms with E-state index in [0.717, 1.165) is 11.4 Å². The van der Waals surface area contributed by atoms with Crippen LogP contribution < -0.4 is 0 Å².